The highest BCUT2D eigenvalue weighted by molar-refractivity contribution is 5.86. The van der Waals surface area contributed by atoms with Crippen LogP contribution in [-0.4, -0.2) is 54.1 Å². The zero-order valence-corrected chi connectivity index (χ0v) is 17.9. The summed E-state index contributed by atoms with van der Waals surface area (Å²) in [6.07, 6.45) is 8.31. The number of amides is 1. The van der Waals surface area contributed by atoms with Crippen LogP contribution in [-0.2, 0) is 9.59 Å². The maximum atomic E-state index is 12.3. The summed E-state index contributed by atoms with van der Waals surface area (Å²) in [5.41, 5.74) is 16.7. The Balaban J connectivity index is -0.000000807. The molecule has 1 atom stereocenters. The van der Waals surface area contributed by atoms with E-state index in [0.717, 1.165) is 57.9 Å². The smallest absolute Gasteiger partial charge is 0.323 e. The number of carbonyl (C=O) groups is 2. The number of carboxylic acid groups (broad SMARTS) is 1. The zero-order chi connectivity index (χ0) is 17.5. The van der Waals surface area contributed by atoms with E-state index in [1.807, 2.05) is 0 Å². The average Bonchev–Trinajstić information content (AvgIpc) is 2.52. The lowest BCUT2D eigenvalue weighted by Crippen LogP contribution is -2.46. The van der Waals surface area contributed by atoms with Crippen LogP contribution in [0.1, 0.15) is 57.8 Å². The molecule has 0 saturated heterocycles. The van der Waals surface area contributed by atoms with E-state index >= 15 is 0 Å². The first-order chi connectivity index (χ1) is 11.0. The first kappa shape index (κ1) is 33.3. The lowest BCUT2D eigenvalue weighted by Gasteiger charge is -2.24. The molecule has 0 aromatic rings. The summed E-state index contributed by atoms with van der Waals surface area (Å²) < 4.78 is 0. The quantitative estimate of drug-likeness (QED) is 0.288. The first-order valence-electron chi connectivity index (χ1n) is 8.69. The minimum absolute atomic E-state index is 0. The van der Waals surface area contributed by atoms with Gasteiger partial charge < -0.3 is 27.2 Å². The molecule has 7 N–H and O–H groups in total. The molecule has 0 heterocycles. The summed E-state index contributed by atoms with van der Waals surface area (Å²) >= 11 is 0. The summed E-state index contributed by atoms with van der Waals surface area (Å²) in [4.78, 5) is 24.6. The predicted octanol–water partition coefficient (Wildman–Crippen LogP) is 1.92. The average molecular weight is 440 g/mol. The maximum Gasteiger partial charge on any atom is 0.323 e. The van der Waals surface area contributed by atoms with Crippen LogP contribution < -0.4 is 17.2 Å². The van der Waals surface area contributed by atoms with Gasteiger partial charge in [0, 0.05) is 6.54 Å². The summed E-state index contributed by atoms with van der Waals surface area (Å²) in [6.45, 7) is 1.47. The summed E-state index contributed by atoms with van der Waals surface area (Å²) in [6, 6.07) is -0.634. The van der Waals surface area contributed by atoms with Crippen LogP contribution in [0, 0.1) is 0 Å². The summed E-state index contributed by atoms with van der Waals surface area (Å²) in [7, 11) is 0. The molecule has 0 fully saturated rings. The molecule has 0 rings (SSSR count). The molecule has 0 radical (unpaired) electrons. The van der Waals surface area contributed by atoms with Crippen molar-refractivity contribution >= 4 is 49.1 Å². The van der Waals surface area contributed by atoms with Gasteiger partial charge in [-0.05, 0) is 38.8 Å². The third kappa shape index (κ3) is 18.5. The number of carbonyl (C=O) groups excluding carboxylic acids is 1. The Morgan fingerprint density at radius 3 is 1.77 bits per heavy atom. The van der Waals surface area contributed by atoms with Gasteiger partial charge in [-0.15, -0.1) is 37.2 Å². The minimum Gasteiger partial charge on any atom is -0.480 e. The Hall–Kier alpha value is -0.310. The third-order valence-corrected chi connectivity index (χ3v) is 3.81. The van der Waals surface area contributed by atoms with Crippen LogP contribution >= 0.6 is 37.2 Å². The number of unbranched alkanes of at least 4 members (excludes halogenated alkanes) is 6. The molecule has 0 spiro atoms. The lowest BCUT2D eigenvalue weighted by molar-refractivity contribution is -0.145. The van der Waals surface area contributed by atoms with Crippen molar-refractivity contribution in [3.8, 4) is 0 Å². The molecule has 1 amide bonds. The van der Waals surface area contributed by atoms with E-state index in [1.54, 1.807) is 0 Å². The molecular weight excluding hydrogens is 403 g/mol. The predicted molar refractivity (Wildman–Crippen MR) is 114 cm³/mol. The number of carboxylic acids is 1. The van der Waals surface area contributed by atoms with Crippen LogP contribution in [0.5, 0.6) is 0 Å². The van der Waals surface area contributed by atoms with Crippen LogP contribution in [0.2, 0.25) is 0 Å². The number of rotatable bonds is 15. The monoisotopic (exact) mass is 438 g/mol. The Kier molecular flexibility index (Phi) is 29.1. The van der Waals surface area contributed by atoms with Crippen molar-refractivity contribution < 1.29 is 14.7 Å². The van der Waals surface area contributed by atoms with Gasteiger partial charge in [-0.3, -0.25) is 9.59 Å². The largest absolute Gasteiger partial charge is 0.480 e. The van der Waals surface area contributed by atoms with Crippen LogP contribution in [0.25, 0.3) is 0 Å². The van der Waals surface area contributed by atoms with Crippen molar-refractivity contribution in [1.29, 1.82) is 0 Å². The van der Waals surface area contributed by atoms with E-state index in [0.29, 0.717) is 19.5 Å². The third-order valence-electron chi connectivity index (χ3n) is 3.81. The molecule has 0 aromatic heterocycles. The van der Waals surface area contributed by atoms with Crippen molar-refractivity contribution in [2.24, 2.45) is 17.2 Å². The molecule has 0 aliphatic carbocycles. The van der Waals surface area contributed by atoms with Crippen LogP contribution in [0.15, 0.2) is 0 Å². The number of halogens is 3. The Morgan fingerprint density at radius 2 is 1.27 bits per heavy atom. The van der Waals surface area contributed by atoms with Gasteiger partial charge in [-0.25, -0.2) is 0 Å². The van der Waals surface area contributed by atoms with Gasteiger partial charge in [-0.1, -0.05) is 32.1 Å². The molecule has 160 valence electrons. The zero-order valence-electron chi connectivity index (χ0n) is 15.4. The summed E-state index contributed by atoms with van der Waals surface area (Å²) in [5, 5.41) is 8.97. The number of hydrogen-bond donors (Lipinski definition) is 4. The van der Waals surface area contributed by atoms with Gasteiger partial charge in [0.25, 0.3) is 0 Å². The van der Waals surface area contributed by atoms with E-state index < -0.39 is 12.0 Å². The fourth-order valence-corrected chi connectivity index (χ4v) is 2.45. The second kappa shape index (κ2) is 22.7. The van der Waals surface area contributed by atoms with Crippen LogP contribution in [0.4, 0.5) is 0 Å². The topological polar surface area (TPSA) is 136 Å². The van der Waals surface area contributed by atoms with E-state index in [-0.39, 0.29) is 49.7 Å². The van der Waals surface area contributed by atoms with Crippen molar-refractivity contribution in [2.75, 3.05) is 26.2 Å². The molecule has 10 heteroatoms. The molecule has 26 heavy (non-hydrogen) atoms. The van der Waals surface area contributed by atoms with Crippen molar-refractivity contribution in [3.63, 3.8) is 0 Å². The highest BCUT2D eigenvalue weighted by Crippen LogP contribution is 2.08. The number of nitrogens with zero attached hydrogens (tertiary/aromatic N) is 1. The Bertz CT molecular complexity index is 340. The van der Waals surface area contributed by atoms with E-state index in [1.165, 1.54) is 4.90 Å². The fraction of sp³-hybridized carbons (Fsp3) is 0.875. The van der Waals surface area contributed by atoms with Crippen molar-refractivity contribution in [3.05, 3.63) is 0 Å². The normalized spacial score (nSPS) is 10.7. The fourth-order valence-electron chi connectivity index (χ4n) is 2.45. The molecule has 0 bridgehead atoms. The minimum atomic E-state index is -1.00. The standard InChI is InChI=1S/C16H34N4O3.3ClH/c17-10-6-3-1-2-4-8-12-20(13-15(21)22)16(23)14(19)9-5-7-11-18;;;/h14H,1-13,17-19H2,(H,21,22);3*1H/t14-;;;/m0.../s1. The maximum absolute atomic E-state index is 12.3. The van der Waals surface area contributed by atoms with Gasteiger partial charge in [0.05, 0.1) is 6.04 Å². The number of hydrogen-bond acceptors (Lipinski definition) is 5. The molecular formula is C16H37Cl3N4O3. The lowest BCUT2D eigenvalue weighted by atomic mass is 10.1. The summed E-state index contributed by atoms with van der Waals surface area (Å²) in [5.74, 6) is -1.27. The highest BCUT2D eigenvalue weighted by atomic mass is 35.5. The van der Waals surface area contributed by atoms with Gasteiger partial charge >= 0.3 is 5.97 Å². The van der Waals surface area contributed by atoms with Gasteiger partial charge in [0.15, 0.2) is 0 Å². The van der Waals surface area contributed by atoms with E-state index in [2.05, 4.69) is 0 Å². The molecule has 0 saturated carbocycles. The second-order valence-electron chi connectivity index (χ2n) is 5.95. The Labute approximate surface area is 176 Å². The molecule has 7 nitrogen and oxygen atoms in total. The number of aliphatic carboxylic acids is 1. The van der Waals surface area contributed by atoms with Gasteiger partial charge in [-0.2, -0.15) is 0 Å². The SMILES string of the molecule is Cl.Cl.Cl.NCCCCCCCCN(CC(=O)O)C(=O)[C@@H](N)CCCCN. The van der Waals surface area contributed by atoms with Gasteiger partial charge in [0.2, 0.25) is 5.91 Å². The number of nitrogens with two attached hydrogens (primary N) is 3. The van der Waals surface area contributed by atoms with E-state index in [4.69, 9.17) is 22.3 Å². The van der Waals surface area contributed by atoms with E-state index in [9.17, 15) is 9.59 Å². The van der Waals surface area contributed by atoms with Crippen molar-refractivity contribution in [1.82, 2.24) is 4.90 Å². The molecule has 0 aliphatic heterocycles. The van der Waals surface area contributed by atoms with Crippen LogP contribution in [0.3, 0.4) is 0 Å². The highest BCUT2D eigenvalue weighted by Gasteiger charge is 2.22. The first-order valence-corrected chi connectivity index (χ1v) is 8.69. The molecule has 0 aromatic carbocycles. The molecule has 0 unspecified atom stereocenters. The second-order valence-corrected chi connectivity index (χ2v) is 5.95. The van der Waals surface area contributed by atoms with Gasteiger partial charge in [0.1, 0.15) is 6.54 Å². The van der Waals surface area contributed by atoms with Crippen molar-refractivity contribution in [2.45, 2.75) is 63.8 Å². The Morgan fingerprint density at radius 1 is 0.808 bits per heavy atom. The molecule has 0 aliphatic rings.